The molecule has 0 unspecified atom stereocenters. The number of carbonyl (C=O) groups is 1. The van der Waals surface area contributed by atoms with E-state index in [9.17, 15) is 9.18 Å². The number of fused-ring (bicyclic) bond motifs is 1. The summed E-state index contributed by atoms with van der Waals surface area (Å²) in [5, 5.41) is 14.2. The number of aryl methyl sites for hydroxylation is 1. The van der Waals surface area contributed by atoms with E-state index >= 15 is 0 Å². The van der Waals surface area contributed by atoms with Gasteiger partial charge in [0.25, 0.3) is 0 Å². The van der Waals surface area contributed by atoms with Gasteiger partial charge in [0.1, 0.15) is 5.82 Å². The highest BCUT2D eigenvalue weighted by atomic mass is 35.5. The molecule has 1 fully saturated rings. The Bertz CT molecular complexity index is 995. The van der Waals surface area contributed by atoms with Crippen LogP contribution >= 0.6 is 11.6 Å². The molecule has 122 valence electrons. The van der Waals surface area contributed by atoms with Gasteiger partial charge in [-0.05, 0) is 38.0 Å². The monoisotopic (exact) mass is 345 g/mol. The van der Waals surface area contributed by atoms with Crippen LogP contribution in [0.2, 0.25) is 5.02 Å². The van der Waals surface area contributed by atoms with Crippen molar-refractivity contribution in [2.45, 2.75) is 25.7 Å². The lowest BCUT2D eigenvalue weighted by Crippen LogP contribution is -2.02. The van der Waals surface area contributed by atoms with E-state index in [1.54, 1.807) is 25.3 Å². The van der Waals surface area contributed by atoms with Gasteiger partial charge in [-0.3, -0.25) is 4.98 Å². The van der Waals surface area contributed by atoms with Crippen LogP contribution in [0, 0.1) is 12.7 Å². The number of rotatable bonds is 3. The fourth-order valence-corrected chi connectivity index (χ4v) is 3.23. The van der Waals surface area contributed by atoms with Crippen LogP contribution in [0.25, 0.3) is 16.6 Å². The number of benzene rings is 1. The molecule has 1 aliphatic carbocycles. The molecule has 7 heteroatoms. The third kappa shape index (κ3) is 2.26. The third-order valence-corrected chi connectivity index (χ3v) is 4.56. The molecule has 1 N–H and O–H groups in total. The van der Waals surface area contributed by atoms with Crippen molar-refractivity contribution in [2.24, 2.45) is 0 Å². The zero-order valence-electron chi connectivity index (χ0n) is 12.8. The Morgan fingerprint density at radius 2 is 2.17 bits per heavy atom. The molecule has 4 rings (SSSR count). The Balaban J connectivity index is 1.90. The largest absolute Gasteiger partial charge is 0.478 e. The topological polar surface area (TPSA) is 68.0 Å². The summed E-state index contributed by atoms with van der Waals surface area (Å²) in [5.74, 6) is -1.66. The minimum atomic E-state index is -1.31. The quantitative estimate of drug-likeness (QED) is 0.776. The van der Waals surface area contributed by atoms with Gasteiger partial charge >= 0.3 is 5.97 Å². The Labute approximate surface area is 141 Å². The SMILES string of the molecule is Cc1nn(-c2cnc(C3CC3)c(Cl)c2)c2ccc(C(=O)O)c(F)c12. The first-order valence-corrected chi connectivity index (χ1v) is 7.92. The van der Waals surface area contributed by atoms with Crippen LogP contribution in [-0.4, -0.2) is 25.8 Å². The van der Waals surface area contributed by atoms with Gasteiger partial charge in [0.05, 0.1) is 44.8 Å². The number of nitrogens with zero attached hydrogens (tertiary/aromatic N) is 3. The van der Waals surface area contributed by atoms with Crippen LogP contribution in [0.1, 0.15) is 40.5 Å². The van der Waals surface area contributed by atoms with Crippen LogP contribution in [0.4, 0.5) is 4.39 Å². The number of pyridine rings is 1. The maximum atomic E-state index is 14.5. The number of hydrogen-bond acceptors (Lipinski definition) is 3. The lowest BCUT2D eigenvalue weighted by atomic mass is 10.1. The molecule has 0 radical (unpaired) electrons. The molecule has 0 spiro atoms. The summed E-state index contributed by atoms with van der Waals surface area (Å²) in [6.45, 7) is 1.64. The molecule has 1 saturated carbocycles. The maximum Gasteiger partial charge on any atom is 0.338 e. The van der Waals surface area contributed by atoms with Gasteiger partial charge in [-0.2, -0.15) is 5.10 Å². The highest BCUT2D eigenvalue weighted by molar-refractivity contribution is 6.31. The predicted molar refractivity (Wildman–Crippen MR) is 87.5 cm³/mol. The Kier molecular flexibility index (Phi) is 3.31. The van der Waals surface area contributed by atoms with E-state index in [1.165, 1.54) is 10.7 Å². The van der Waals surface area contributed by atoms with Crippen molar-refractivity contribution in [1.29, 1.82) is 0 Å². The predicted octanol–water partition coefficient (Wildman–Crippen LogP) is 4.10. The molecule has 0 saturated heterocycles. The van der Waals surface area contributed by atoms with Gasteiger partial charge in [0.15, 0.2) is 0 Å². The number of carboxylic acids is 1. The van der Waals surface area contributed by atoms with E-state index in [0.29, 0.717) is 27.8 Å². The second-order valence-electron chi connectivity index (χ2n) is 5.96. The molecule has 24 heavy (non-hydrogen) atoms. The summed E-state index contributed by atoms with van der Waals surface area (Å²) >= 11 is 6.31. The van der Waals surface area contributed by atoms with E-state index in [4.69, 9.17) is 16.7 Å². The van der Waals surface area contributed by atoms with E-state index in [-0.39, 0.29) is 10.9 Å². The Morgan fingerprint density at radius 1 is 1.42 bits per heavy atom. The molecule has 0 atom stereocenters. The summed E-state index contributed by atoms with van der Waals surface area (Å²) < 4.78 is 16.0. The summed E-state index contributed by atoms with van der Waals surface area (Å²) in [6.07, 6.45) is 3.85. The molecular formula is C17H13ClFN3O2. The molecule has 2 aromatic heterocycles. The smallest absolute Gasteiger partial charge is 0.338 e. The molecule has 3 aromatic rings. The fraction of sp³-hybridized carbons (Fsp3) is 0.235. The molecule has 0 bridgehead atoms. The number of carboxylic acid groups (broad SMARTS) is 1. The second kappa shape index (κ2) is 5.27. The van der Waals surface area contributed by atoms with Gasteiger partial charge in [0.2, 0.25) is 0 Å². The van der Waals surface area contributed by atoms with Crippen molar-refractivity contribution in [3.05, 3.63) is 52.2 Å². The molecule has 5 nitrogen and oxygen atoms in total. The minimum absolute atomic E-state index is 0.192. The number of aromatic nitrogens is 3. The Morgan fingerprint density at radius 3 is 2.79 bits per heavy atom. The molecular weight excluding hydrogens is 333 g/mol. The van der Waals surface area contributed by atoms with Gasteiger partial charge in [-0.15, -0.1) is 0 Å². The first kappa shape index (κ1) is 15.1. The summed E-state index contributed by atoms with van der Waals surface area (Å²) in [5.41, 5.74) is 2.02. The standard InChI is InChI=1S/C17H13ClFN3O2/c1-8-14-13(5-4-11(15(14)19)17(23)24)22(21-8)10-6-12(18)16(20-7-10)9-2-3-9/h4-7,9H,2-3H2,1H3,(H,23,24). The highest BCUT2D eigenvalue weighted by Crippen LogP contribution is 2.42. The number of halogens is 2. The fourth-order valence-electron chi connectivity index (χ4n) is 2.91. The second-order valence-corrected chi connectivity index (χ2v) is 6.37. The van der Waals surface area contributed by atoms with E-state index < -0.39 is 11.8 Å². The third-order valence-electron chi connectivity index (χ3n) is 4.25. The van der Waals surface area contributed by atoms with Gasteiger partial charge in [-0.1, -0.05) is 11.6 Å². The number of hydrogen-bond donors (Lipinski definition) is 1. The zero-order chi connectivity index (χ0) is 17.0. The minimum Gasteiger partial charge on any atom is -0.478 e. The maximum absolute atomic E-state index is 14.5. The number of aromatic carboxylic acids is 1. The van der Waals surface area contributed by atoms with Crippen LogP contribution in [0.5, 0.6) is 0 Å². The van der Waals surface area contributed by atoms with Crippen molar-refractivity contribution >= 4 is 28.5 Å². The molecule has 0 amide bonds. The van der Waals surface area contributed by atoms with Gasteiger partial charge < -0.3 is 5.11 Å². The summed E-state index contributed by atoms with van der Waals surface area (Å²) in [4.78, 5) is 15.5. The van der Waals surface area contributed by atoms with Crippen molar-refractivity contribution in [3.63, 3.8) is 0 Å². The molecule has 2 heterocycles. The van der Waals surface area contributed by atoms with Gasteiger partial charge in [-0.25, -0.2) is 13.9 Å². The highest BCUT2D eigenvalue weighted by Gasteiger charge is 2.27. The van der Waals surface area contributed by atoms with E-state index in [1.807, 2.05) is 0 Å². The van der Waals surface area contributed by atoms with Crippen molar-refractivity contribution in [3.8, 4) is 5.69 Å². The lowest BCUT2D eigenvalue weighted by molar-refractivity contribution is 0.0692. The van der Waals surface area contributed by atoms with Crippen molar-refractivity contribution in [2.75, 3.05) is 0 Å². The first-order valence-electron chi connectivity index (χ1n) is 7.54. The van der Waals surface area contributed by atoms with E-state index in [0.717, 1.165) is 18.5 Å². The van der Waals surface area contributed by atoms with Gasteiger partial charge in [0, 0.05) is 5.92 Å². The molecule has 1 aromatic carbocycles. The summed E-state index contributed by atoms with van der Waals surface area (Å²) in [6, 6.07) is 4.55. The normalized spacial score (nSPS) is 14.3. The molecule has 1 aliphatic rings. The van der Waals surface area contributed by atoms with Crippen LogP contribution in [0.3, 0.4) is 0 Å². The average Bonchev–Trinajstić information content (AvgIpc) is 3.31. The summed E-state index contributed by atoms with van der Waals surface area (Å²) in [7, 11) is 0. The van der Waals surface area contributed by atoms with Crippen molar-refractivity contribution < 1.29 is 14.3 Å². The van der Waals surface area contributed by atoms with Crippen LogP contribution in [0.15, 0.2) is 24.4 Å². The van der Waals surface area contributed by atoms with Crippen LogP contribution < -0.4 is 0 Å². The van der Waals surface area contributed by atoms with Crippen molar-refractivity contribution in [1.82, 2.24) is 14.8 Å². The molecule has 0 aliphatic heterocycles. The first-order chi connectivity index (χ1) is 11.5. The van der Waals surface area contributed by atoms with Crippen LogP contribution in [-0.2, 0) is 0 Å². The van der Waals surface area contributed by atoms with E-state index in [2.05, 4.69) is 10.1 Å². The Hall–Kier alpha value is -2.47. The zero-order valence-corrected chi connectivity index (χ0v) is 13.5. The lowest BCUT2D eigenvalue weighted by Gasteiger charge is -2.07. The average molecular weight is 346 g/mol.